The third kappa shape index (κ3) is 3.71. The van der Waals surface area contributed by atoms with Crippen molar-refractivity contribution in [2.45, 2.75) is 44.4 Å². The van der Waals surface area contributed by atoms with Crippen LogP contribution in [0.3, 0.4) is 0 Å². The Hall–Kier alpha value is -3.29. The quantitative estimate of drug-likeness (QED) is 0.546. The Bertz CT molecular complexity index is 914. The molecule has 28 heavy (non-hydrogen) atoms. The largest absolute Gasteiger partial charge is 0.301 e. The lowest BCUT2D eigenvalue weighted by Gasteiger charge is -2.38. The molecule has 0 amide bonds. The average molecular weight is 382 g/mol. The van der Waals surface area contributed by atoms with E-state index >= 15 is 0 Å². The Morgan fingerprint density at radius 2 is 1.82 bits per heavy atom. The number of non-ortho nitro benzene ring substituents is 1. The molecule has 1 fully saturated rings. The maximum Gasteiger partial charge on any atom is 0.301 e. The molecule has 1 N–H and O–H groups in total. The highest BCUT2D eigenvalue weighted by molar-refractivity contribution is 5.96. The van der Waals surface area contributed by atoms with Crippen molar-refractivity contribution in [2.24, 2.45) is 5.10 Å². The number of nitrogens with zero attached hydrogens (tertiary/aromatic N) is 3. The zero-order chi connectivity index (χ0) is 20.1. The summed E-state index contributed by atoms with van der Waals surface area (Å²) in [5.74, 6) is 0. The number of nitro benzene ring substituents is 2. The van der Waals surface area contributed by atoms with E-state index in [1.54, 1.807) is 0 Å². The summed E-state index contributed by atoms with van der Waals surface area (Å²) >= 11 is 0. The number of nitrogens with one attached hydrogen (secondary N) is 1. The topological polar surface area (TPSA) is 111 Å². The van der Waals surface area contributed by atoms with Crippen LogP contribution in [-0.2, 0) is 5.41 Å². The van der Waals surface area contributed by atoms with Gasteiger partial charge in [0, 0.05) is 17.2 Å². The van der Waals surface area contributed by atoms with Crippen molar-refractivity contribution in [2.75, 3.05) is 5.43 Å². The van der Waals surface area contributed by atoms with Gasteiger partial charge in [0.2, 0.25) is 0 Å². The second-order valence-electron chi connectivity index (χ2n) is 6.89. The first-order valence-corrected chi connectivity index (χ1v) is 9.29. The number of hydrogen-bond donors (Lipinski definition) is 1. The third-order valence-electron chi connectivity index (χ3n) is 5.45. The number of nitro groups is 2. The van der Waals surface area contributed by atoms with Crippen LogP contribution in [0.15, 0.2) is 53.6 Å². The highest BCUT2D eigenvalue weighted by Gasteiger charge is 2.38. The molecular weight excluding hydrogens is 360 g/mol. The molecule has 0 aromatic heterocycles. The van der Waals surface area contributed by atoms with E-state index in [2.05, 4.69) is 29.6 Å². The highest BCUT2D eigenvalue weighted by atomic mass is 16.6. The Kier molecular flexibility index (Phi) is 5.67. The molecule has 146 valence electrons. The normalized spacial score (nSPS) is 20.7. The van der Waals surface area contributed by atoms with Crippen LogP contribution in [0.1, 0.15) is 44.6 Å². The average Bonchev–Trinajstić information content (AvgIpc) is 2.72. The third-order valence-corrected chi connectivity index (χ3v) is 5.45. The molecule has 1 aliphatic carbocycles. The Balaban J connectivity index is 1.98. The van der Waals surface area contributed by atoms with Crippen LogP contribution in [0.5, 0.6) is 0 Å². The SMILES string of the molecule is CCC1(c2ccccc2)CCCCC1=NNc1ccc([N+](=O)[O-])cc1[N+](=O)[O-]. The molecule has 2 aromatic carbocycles. The van der Waals surface area contributed by atoms with E-state index in [-0.39, 0.29) is 22.5 Å². The van der Waals surface area contributed by atoms with Crippen LogP contribution in [-0.4, -0.2) is 15.6 Å². The fourth-order valence-corrected chi connectivity index (χ4v) is 3.93. The summed E-state index contributed by atoms with van der Waals surface area (Å²) in [6.45, 7) is 2.13. The predicted molar refractivity (Wildman–Crippen MR) is 108 cm³/mol. The van der Waals surface area contributed by atoms with Gasteiger partial charge in [0.1, 0.15) is 5.69 Å². The van der Waals surface area contributed by atoms with Crippen molar-refractivity contribution < 1.29 is 9.85 Å². The number of anilines is 1. The van der Waals surface area contributed by atoms with Gasteiger partial charge in [-0.15, -0.1) is 0 Å². The van der Waals surface area contributed by atoms with Gasteiger partial charge in [-0.25, -0.2) is 0 Å². The van der Waals surface area contributed by atoms with Crippen LogP contribution >= 0.6 is 0 Å². The maximum atomic E-state index is 11.3. The van der Waals surface area contributed by atoms with Gasteiger partial charge in [-0.05, 0) is 37.3 Å². The van der Waals surface area contributed by atoms with E-state index in [0.29, 0.717) is 0 Å². The van der Waals surface area contributed by atoms with Crippen molar-refractivity contribution in [1.29, 1.82) is 0 Å². The fraction of sp³-hybridized carbons (Fsp3) is 0.350. The Labute approximate surface area is 162 Å². The van der Waals surface area contributed by atoms with Crippen LogP contribution < -0.4 is 5.43 Å². The highest BCUT2D eigenvalue weighted by Crippen LogP contribution is 2.40. The van der Waals surface area contributed by atoms with Gasteiger partial charge in [-0.3, -0.25) is 25.7 Å². The van der Waals surface area contributed by atoms with E-state index in [4.69, 9.17) is 0 Å². The molecular formula is C20H22N4O4. The zero-order valence-electron chi connectivity index (χ0n) is 15.6. The predicted octanol–water partition coefficient (Wildman–Crippen LogP) is 5.19. The monoisotopic (exact) mass is 382 g/mol. The second kappa shape index (κ2) is 8.16. The molecule has 0 radical (unpaired) electrons. The van der Waals surface area contributed by atoms with Crippen LogP contribution in [0.2, 0.25) is 0 Å². The van der Waals surface area contributed by atoms with E-state index in [0.717, 1.165) is 43.9 Å². The zero-order valence-corrected chi connectivity index (χ0v) is 15.6. The van der Waals surface area contributed by atoms with Gasteiger partial charge >= 0.3 is 5.69 Å². The molecule has 0 spiro atoms. The molecule has 8 nitrogen and oxygen atoms in total. The minimum atomic E-state index is -0.651. The first-order valence-electron chi connectivity index (χ1n) is 9.29. The molecule has 2 aromatic rings. The molecule has 8 heteroatoms. The number of hydrogen-bond acceptors (Lipinski definition) is 6. The van der Waals surface area contributed by atoms with Gasteiger partial charge in [-0.1, -0.05) is 43.7 Å². The van der Waals surface area contributed by atoms with Crippen molar-refractivity contribution in [3.05, 3.63) is 74.3 Å². The lowest BCUT2D eigenvalue weighted by Crippen LogP contribution is -2.38. The van der Waals surface area contributed by atoms with Crippen LogP contribution in [0.25, 0.3) is 0 Å². The van der Waals surface area contributed by atoms with Crippen LogP contribution in [0, 0.1) is 20.2 Å². The van der Waals surface area contributed by atoms with E-state index in [1.807, 2.05) is 18.2 Å². The number of hydrazone groups is 1. The van der Waals surface area contributed by atoms with Crippen LogP contribution in [0.4, 0.5) is 17.1 Å². The van der Waals surface area contributed by atoms with Gasteiger partial charge < -0.3 is 0 Å². The second-order valence-corrected chi connectivity index (χ2v) is 6.89. The molecule has 1 atom stereocenters. The van der Waals surface area contributed by atoms with E-state index in [9.17, 15) is 20.2 Å². The summed E-state index contributed by atoms with van der Waals surface area (Å²) < 4.78 is 0. The summed E-state index contributed by atoms with van der Waals surface area (Å²) in [5.41, 5.74) is 4.21. The fourth-order valence-electron chi connectivity index (χ4n) is 3.93. The maximum absolute atomic E-state index is 11.3. The van der Waals surface area contributed by atoms with Gasteiger partial charge in [0.15, 0.2) is 0 Å². The Morgan fingerprint density at radius 1 is 1.07 bits per heavy atom. The van der Waals surface area contributed by atoms with E-state index < -0.39 is 9.85 Å². The Morgan fingerprint density at radius 3 is 2.46 bits per heavy atom. The van der Waals surface area contributed by atoms with Gasteiger partial charge in [0.05, 0.1) is 15.9 Å². The molecule has 1 saturated carbocycles. The van der Waals surface area contributed by atoms with Crippen molar-refractivity contribution in [3.63, 3.8) is 0 Å². The van der Waals surface area contributed by atoms with Crippen molar-refractivity contribution >= 4 is 22.8 Å². The molecule has 3 rings (SSSR count). The molecule has 1 unspecified atom stereocenters. The molecule has 0 heterocycles. The molecule has 0 bridgehead atoms. The van der Waals surface area contributed by atoms with Crippen molar-refractivity contribution in [1.82, 2.24) is 0 Å². The summed E-state index contributed by atoms with van der Waals surface area (Å²) in [6.07, 6.45) is 4.75. The standard InChI is InChI=1S/C20H22N4O4/c1-2-20(15-8-4-3-5-9-15)13-7-6-10-19(20)22-21-17-12-11-16(23(25)26)14-18(17)24(27)28/h3-5,8-9,11-12,14,21H,2,6-7,10,13H2,1H3. The first kappa shape index (κ1) is 19.5. The molecule has 0 saturated heterocycles. The smallest absolute Gasteiger partial charge is 0.272 e. The lowest BCUT2D eigenvalue weighted by atomic mass is 9.66. The lowest BCUT2D eigenvalue weighted by molar-refractivity contribution is -0.393. The van der Waals surface area contributed by atoms with E-state index in [1.165, 1.54) is 17.7 Å². The van der Waals surface area contributed by atoms with Gasteiger partial charge in [-0.2, -0.15) is 5.10 Å². The summed E-state index contributed by atoms with van der Waals surface area (Å²) in [5, 5.41) is 26.8. The van der Waals surface area contributed by atoms with Gasteiger partial charge in [0.25, 0.3) is 5.69 Å². The first-order chi connectivity index (χ1) is 13.5. The molecule has 1 aliphatic rings. The summed E-state index contributed by atoms with van der Waals surface area (Å²) in [4.78, 5) is 21.0. The minimum Gasteiger partial charge on any atom is -0.272 e. The number of rotatable bonds is 6. The minimum absolute atomic E-state index is 0.145. The number of benzene rings is 2. The van der Waals surface area contributed by atoms with Crippen molar-refractivity contribution in [3.8, 4) is 0 Å². The summed E-state index contributed by atoms with van der Waals surface area (Å²) in [6, 6.07) is 13.7. The molecule has 0 aliphatic heterocycles. The summed E-state index contributed by atoms with van der Waals surface area (Å²) in [7, 11) is 0.